The maximum absolute atomic E-state index is 13.5. The molecule has 2 aromatic rings. The van der Waals surface area contributed by atoms with Crippen LogP contribution in [0.5, 0.6) is 0 Å². The molecule has 0 radical (unpaired) electrons. The van der Waals surface area contributed by atoms with Crippen LogP contribution in [0.2, 0.25) is 0 Å². The standard InChI is InChI=1S/C25H34N4O6S/c1-6-19(3)26-25(31)20(4)27(15-14-21-10-8-7-9-11-21)24(30)17-28(36(5,34)35)23-16-22(29(32)33)13-12-18(23)2/h7-13,16,19-20H,6,14-15,17H2,1-5H3,(H,26,31)/t19-,20+/m1/s1. The number of hydrogen-bond donors (Lipinski definition) is 1. The summed E-state index contributed by atoms with van der Waals surface area (Å²) in [7, 11) is -3.98. The fourth-order valence-corrected chi connectivity index (χ4v) is 4.51. The highest BCUT2D eigenvalue weighted by molar-refractivity contribution is 7.92. The number of nitrogens with zero attached hydrogens (tertiary/aromatic N) is 3. The molecule has 0 saturated heterocycles. The molecule has 0 aliphatic rings. The number of anilines is 1. The second-order valence-corrected chi connectivity index (χ2v) is 10.7. The molecule has 0 aromatic heterocycles. The summed E-state index contributed by atoms with van der Waals surface area (Å²) < 4.78 is 26.2. The van der Waals surface area contributed by atoms with Gasteiger partial charge in [0.1, 0.15) is 12.6 Å². The van der Waals surface area contributed by atoms with Crippen molar-refractivity contribution >= 4 is 33.2 Å². The van der Waals surface area contributed by atoms with Gasteiger partial charge in [-0.3, -0.25) is 24.0 Å². The van der Waals surface area contributed by atoms with E-state index in [1.165, 1.54) is 17.0 Å². The van der Waals surface area contributed by atoms with Crippen LogP contribution in [-0.2, 0) is 26.0 Å². The molecule has 0 fully saturated rings. The maximum atomic E-state index is 13.5. The minimum absolute atomic E-state index is 0.0415. The highest BCUT2D eigenvalue weighted by Crippen LogP contribution is 2.27. The molecule has 36 heavy (non-hydrogen) atoms. The first-order valence-corrected chi connectivity index (χ1v) is 13.6. The highest BCUT2D eigenvalue weighted by atomic mass is 32.2. The highest BCUT2D eigenvalue weighted by Gasteiger charge is 2.31. The first kappa shape index (κ1) is 28.8. The number of nitrogens with one attached hydrogen (secondary N) is 1. The lowest BCUT2D eigenvalue weighted by atomic mass is 10.1. The number of amides is 2. The second-order valence-electron chi connectivity index (χ2n) is 8.81. The van der Waals surface area contributed by atoms with Crippen molar-refractivity contribution in [1.29, 1.82) is 0 Å². The Kier molecular flexibility index (Phi) is 9.97. The summed E-state index contributed by atoms with van der Waals surface area (Å²) in [5, 5.41) is 14.1. The fourth-order valence-electron chi connectivity index (χ4n) is 3.61. The smallest absolute Gasteiger partial charge is 0.271 e. The Hall–Kier alpha value is -3.47. The zero-order chi connectivity index (χ0) is 27.0. The van der Waals surface area contributed by atoms with Crippen LogP contribution < -0.4 is 9.62 Å². The molecule has 196 valence electrons. The van der Waals surface area contributed by atoms with Crippen LogP contribution in [0, 0.1) is 17.0 Å². The predicted octanol–water partition coefficient (Wildman–Crippen LogP) is 3.04. The lowest BCUT2D eigenvalue weighted by Crippen LogP contribution is -2.53. The van der Waals surface area contributed by atoms with Crippen molar-refractivity contribution in [2.24, 2.45) is 0 Å². The summed E-state index contributed by atoms with van der Waals surface area (Å²) in [6.45, 7) is 6.58. The van der Waals surface area contributed by atoms with Crippen molar-refractivity contribution in [3.63, 3.8) is 0 Å². The van der Waals surface area contributed by atoms with E-state index in [0.29, 0.717) is 18.4 Å². The molecule has 10 nitrogen and oxygen atoms in total. The summed E-state index contributed by atoms with van der Waals surface area (Å²) >= 11 is 0. The molecule has 0 aliphatic carbocycles. The summed E-state index contributed by atoms with van der Waals surface area (Å²) in [5.74, 6) is -0.933. The van der Waals surface area contributed by atoms with Gasteiger partial charge in [-0.05, 0) is 44.7 Å². The number of sulfonamides is 1. The molecular weight excluding hydrogens is 484 g/mol. The predicted molar refractivity (Wildman–Crippen MR) is 139 cm³/mol. The van der Waals surface area contributed by atoms with Gasteiger partial charge < -0.3 is 10.2 Å². The SMILES string of the molecule is CC[C@@H](C)NC(=O)[C@H](C)N(CCc1ccccc1)C(=O)CN(c1cc([N+](=O)[O-])ccc1C)S(C)(=O)=O. The number of aryl methyl sites for hydroxylation is 1. The number of hydrogen-bond acceptors (Lipinski definition) is 6. The van der Waals surface area contributed by atoms with Crippen molar-refractivity contribution < 1.29 is 22.9 Å². The van der Waals surface area contributed by atoms with Crippen LogP contribution in [0.4, 0.5) is 11.4 Å². The van der Waals surface area contributed by atoms with Crippen molar-refractivity contribution in [1.82, 2.24) is 10.2 Å². The third-order valence-corrected chi connectivity index (χ3v) is 7.13. The summed E-state index contributed by atoms with van der Waals surface area (Å²) in [6, 6.07) is 12.3. The molecule has 0 aliphatic heterocycles. The lowest BCUT2D eigenvalue weighted by Gasteiger charge is -2.32. The topological polar surface area (TPSA) is 130 Å². The number of carbonyl (C=O) groups excluding carboxylic acids is 2. The van der Waals surface area contributed by atoms with Crippen molar-refractivity contribution in [2.75, 3.05) is 23.7 Å². The van der Waals surface area contributed by atoms with Crippen LogP contribution in [0.1, 0.15) is 38.3 Å². The molecule has 1 N–H and O–H groups in total. The van der Waals surface area contributed by atoms with Crippen molar-refractivity contribution in [2.45, 2.75) is 52.6 Å². The Balaban J connectivity index is 2.40. The molecule has 2 aromatic carbocycles. The lowest BCUT2D eigenvalue weighted by molar-refractivity contribution is -0.384. The van der Waals surface area contributed by atoms with E-state index in [-0.39, 0.29) is 29.9 Å². The molecule has 0 saturated carbocycles. The van der Waals surface area contributed by atoms with E-state index >= 15 is 0 Å². The van der Waals surface area contributed by atoms with E-state index in [1.807, 2.05) is 44.2 Å². The Bertz CT molecular complexity index is 1190. The molecule has 2 amide bonds. The zero-order valence-electron chi connectivity index (χ0n) is 21.3. The summed E-state index contributed by atoms with van der Waals surface area (Å²) in [5.41, 5.74) is 1.16. The van der Waals surface area contributed by atoms with Gasteiger partial charge in [0.15, 0.2) is 0 Å². The normalized spacial score (nSPS) is 12.9. The zero-order valence-corrected chi connectivity index (χ0v) is 22.1. The second kappa shape index (κ2) is 12.5. The minimum Gasteiger partial charge on any atom is -0.352 e. The van der Waals surface area contributed by atoms with Gasteiger partial charge in [0, 0.05) is 24.7 Å². The van der Waals surface area contributed by atoms with Gasteiger partial charge >= 0.3 is 0 Å². The van der Waals surface area contributed by atoms with E-state index in [0.717, 1.165) is 22.2 Å². The number of non-ortho nitro benzene ring substituents is 1. The first-order chi connectivity index (χ1) is 16.8. The number of carbonyl (C=O) groups is 2. The van der Waals surface area contributed by atoms with E-state index in [9.17, 15) is 28.1 Å². The Morgan fingerprint density at radius 2 is 1.75 bits per heavy atom. The van der Waals surface area contributed by atoms with E-state index in [2.05, 4.69) is 5.32 Å². The molecule has 2 rings (SSSR count). The quantitative estimate of drug-likeness (QED) is 0.340. The monoisotopic (exact) mass is 518 g/mol. The largest absolute Gasteiger partial charge is 0.352 e. The van der Waals surface area contributed by atoms with Gasteiger partial charge in [-0.2, -0.15) is 0 Å². The van der Waals surface area contributed by atoms with Crippen LogP contribution in [0.3, 0.4) is 0 Å². The summed E-state index contributed by atoms with van der Waals surface area (Å²) in [4.78, 5) is 38.4. The van der Waals surface area contributed by atoms with Gasteiger partial charge in [0.2, 0.25) is 21.8 Å². The van der Waals surface area contributed by atoms with Gasteiger partial charge in [-0.1, -0.05) is 43.3 Å². The minimum atomic E-state index is -3.98. The molecule has 2 atom stereocenters. The molecule has 0 spiro atoms. The average molecular weight is 519 g/mol. The van der Waals surface area contributed by atoms with E-state index in [1.54, 1.807) is 13.8 Å². The van der Waals surface area contributed by atoms with Gasteiger partial charge in [-0.25, -0.2) is 8.42 Å². The van der Waals surface area contributed by atoms with E-state index in [4.69, 9.17) is 0 Å². The van der Waals surface area contributed by atoms with Crippen LogP contribution >= 0.6 is 0 Å². The maximum Gasteiger partial charge on any atom is 0.271 e. The van der Waals surface area contributed by atoms with E-state index < -0.39 is 33.4 Å². The third kappa shape index (κ3) is 7.77. The molecule has 0 bridgehead atoms. The molecule has 11 heteroatoms. The molecule has 0 heterocycles. The number of nitro benzene ring substituents is 1. The molecule has 0 unspecified atom stereocenters. The van der Waals surface area contributed by atoms with Gasteiger partial charge in [0.25, 0.3) is 5.69 Å². The van der Waals surface area contributed by atoms with Crippen LogP contribution in [-0.4, -0.2) is 61.5 Å². The van der Waals surface area contributed by atoms with Crippen molar-refractivity contribution in [3.05, 3.63) is 69.8 Å². The van der Waals surface area contributed by atoms with Gasteiger partial charge in [-0.15, -0.1) is 0 Å². The Labute approximate surface area is 212 Å². The number of benzene rings is 2. The Morgan fingerprint density at radius 3 is 2.31 bits per heavy atom. The third-order valence-electron chi connectivity index (χ3n) is 6.00. The average Bonchev–Trinajstić information content (AvgIpc) is 2.82. The first-order valence-electron chi connectivity index (χ1n) is 11.7. The number of nitro groups is 1. The molecular formula is C25H34N4O6S. The fraction of sp³-hybridized carbons (Fsp3) is 0.440. The summed E-state index contributed by atoms with van der Waals surface area (Å²) in [6.07, 6.45) is 2.11. The van der Waals surface area contributed by atoms with Crippen LogP contribution in [0.25, 0.3) is 0 Å². The van der Waals surface area contributed by atoms with Crippen LogP contribution in [0.15, 0.2) is 48.5 Å². The van der Waals surface area contributed by atoms with Gasteiger partial charge in [0.05, 0.1) is 16.9 Å². The number of rotatable bonds is 12. The van der Waals surface area contributed by atoms with Crippen molar-refractivity contribution in [3.8, 4) is 0 Å². The Morgan fingerprint density at radius 1 is 1.11 bits per heavy atom.